The third-order valence-corrected chi connectivity index (χ3v) is 4.25. The van der Waals surface area contributed by atoms with Gasteiger partial charge in [0, 0.05) is 23.6 Å². The molecule has 2 aromatic rings. The summed E-state index contributed by atoms with van der Waals surface area (Å²) in [6.07, 6.45) is 4.03. The molecule has 1 aliphatic rings. The van der Waals surface area contributed by atoms with E-state index in [0.29, 0.717) is 0 Å². The van der Waals surface area contributed by atoms with E-state index in [1.54, 1.807) is 19.3 Å². The van der Waals surface area contributed by atoms with Crippen molar-refractivity contribution in [1.29, 1.82) is 0 Å². The highest BCUT2D eigenvalue weighted by molar-refractivity contribution is 5.92. The Hall–Kier alpha value is -2.75. The van der Waals surface area contributed by atoms with Crippen LogP contribution >= 0.6 is 0 Å². The molecule has 1 unspecified atom stereocenters. The number of methoxy groups -OCH3 is 1. The van der Waals surface area contributed by atoms with Crippen LogP contribution in [0.15, 0.2) is 54.6 Å². The van der Waals surface area contributed by atoms with E-state index in [4.69, 9.17) is 9.47 Å². The highest BCUT2D eigenvalue weighted by Gasteiger charge is 2.33. The Bertz CT molecular complexity index is 795. The van der Waals surface area contributed by atoms with Crippen LogP contribution < -0.4 is 14.8 Å². The molecule has 0 aliphatic carbocycles. The molecule has 1 N–H and O–H groups in total. The number of hydrogen-bond donors (Lipinski definition) is 1. The molecule has 0 saturated heterocycles. The summed E-state index contributed by atoms with van der Waals surface area (Å²) in [7, 11) is 1.62. The van der Waals surface area contributed by atoms with Crippen LogP contribution in [0.5, 0.6) is 11.5 Å². The van der Waals surface area contributed by atoms with E-state index in [0.717, 1.165) is 29.0 Å². The SMILES string of the molecule is COc1ccccc1/C=C/C(=O)NC1CC(C)(C)Oc2ccccc21. The number of benzene rings is 2. The minimum atomic E-state index is -0.321. The van der Waals surface area contributed by atoms with Gasteiger partial charge >= 0.3 is 0 Å². The average molecular weight is 337 g/mol. The molecular formula is C21H23NO3. The molecule has 3 rings (SSSR count). The molecule has 1 amide bonds. The molecule has 0 aromatic heterocycles. The predicted molar refractivity (Wildman–Crippen MR) is 98.7 cm³/mol. The molecule has 1 atom stereocenters. The van der Waals surface area contributed by atoms with Crippen molar-refractivity contribution in [1.82, 2.24) is 5.32 Å². The van der Waals surface area contributed by atoms with Gasteiger partial charge in [-0.05, 0) is 32.1 Å². The summed E-state index contributed by atoms with van der Waals surface area (Å²) in [6.45, 7) is 4.07. The molecule has 130 valence electrons. The van der Waals surface area contributed by atoms with E-state index in [1.807, 2.05) is 62.4 Å². The lowest BCUT2D eigenvalue weighted by Crippen LogP contribution is -2.40. The fraction of sp³-hybridized carbons (Fsp3) is 0.286. The smallest absolute Gasteiger partial charge is 0.244 e. The first-order valence-electron chi connectivity index (χ1n) is 8.38. The van der Waals surface area contributed by atoms with E-state index in [9.17, 15) is 4.79 Å². The first-order chi connectivity index (χ1) is 12.0. The number of para-hydroxylation sites is 2. The van der Waals surface area contributed by atoms with Crippen LogP contribution in [0.1, 0.15) is 37.4 Å². The van der Waals surface area contributed by atoms with Gasteiger partial charge in [0.25, 0.3) is 0 Å². The summed E-state index contributed by atoms with van der Waals surface area (Å²) in [4.78, 5) is 12.4. The fourth-order valence-corrected chi connectivity index (χ4v) is 3.12. The molecule has 0 bridgehead atoms. The molecule has 0 fully saturated rings. The third kappa shape index (κ3) is 4.02. The van der Waals surface area contributed by atoms with Gasteiger partial charge in [-0.15, -0.1) is 0 Å². The summed E-state index contributed by atoms with van der Waals surface area (Å²) in [5.41, 5.74) is 1.56. The van der Waals surface area contributed by atoms with Crippen molar-refractivity contribution in [2.24, 2.45) is 0 Å². The number of nitrogens with one attached hydrogen (secondary N) is 1. The van der Waals surface area contributed by atoms with Gasteiger partial charge in [-0.25, -0.2) is 0 Å². The van der Waals surface area contributed by atoms with Gasteiger partial charge in [0.2, 0.25) is 5.91 Å². The third-order valence-electron chi connectivity index (χ3n) is 4.25. The Morgan fingerprint density at radius 2 is 1.92 bits per heavy atom. The number of fused-ring (bicyclic) bond motifs is 1. The molecule has 0 saturated carbocycles. The summed E-state index contributed by atoms with van der Waals surface area (Å²) in [5.74, 6) is 1.44. The standard InChI is InChI=1S/C21H23NO3/c1-21(2)14-17(16-9-5-7-11-19(16)25-21)22-20(23)13-12-15-8-4-6-10-18(15)24-3/h4-13,17H,14H2,1-3H3,(H,22,23)/b13-12+. The van der Waals surface area contributed by atoms with Crippen LogP contribution in [0.4, 0.5) is 0 Å². The van der Waals surface area contributed by atoms with Crippen LogP contribution in [0.25, 0.3) is 6.08 Å². The van der Waals surface area contributed by atoms with Gasteiger partial charge in [-0.1, -0.05) is 36.4 Å². The summed E-state index contributed by atoms with van der Waals surface area (Å²) < 4.78 is 11.3. The highest BCUT2D eigenvalue weighted by atomic mass is 16.5. The fourth-order valence-electron chi connectivity index (χ4n) is 3.12. The molecule has 4 heteroatoms. The monoisotopic (exact) mass is 337 g/mol. The lowest BCUT2D eigenvalue weighted by molar-refractivity contribution is -0.117. The number of ether oxygens (including phenoxy) is 2. The number of carbonyl (C=O) groups excluding carboxylic acids is 1. The van der Waals surface area contributed by atoms with Gasteiger partial charge in [-0.2, -0.15) is 0 Å². The second kappa shape index (κ2) is 7.01. The molecule has 0 spiro atoms. The van der Waals surface area contributed by atoms with Crippen molar-refractivity contribution in [2.75, 3.05) is 7.11 Å². The zero-order chi connectivity index (χ0) is 17.9. The van der Waals surface area contributed by atoms with E-state index >= 15 is 0 Å². The van der Waals surface area contributed by atoms with Crippen molar-refractivity contribution < 1.29 is 14.3 Å². The van der Waals surface area contributed by atoms with Crippen LogP contribution in [0, 0.1) is 0 Å². The molecule has 4 nitrogen and oxygen atoms in total. The average Bonchev–Trinajstić information content (AvgIpc) is 2.59. The van der Waals surface area contributed by atoms with Crippen LogP contribution in [0.2, 0.25) is 0 Å². The molecule has 25 heavy (non-hydrogen) atoms. The Labute approximate surface area is 148 Å². The summed E-state index contributed by atoms with van der Waals surface area (Å²) in [5, 5.41) is 3.09. The topological polar surface area (TPSA) is 47.6 Å². The van der Waals surface area contributed by atoms with Gasteiger partial charge in [-0.3, -0.25) is 4.79 Å². The van der Waals surface area contributed by atoms with Crippen molar-refractivity contribution in [3.8, 4) is 11.5 Å². The van der Waals surface area contributed by atoms with Crippen molar-refractivity contribution in [3.63, 3.8) is 0 Å². The zero-order valence-electron chi connectivity index (χ0n) is 14.8. The largest absolute Gasteiger partial charge is 0.496 e. The van der Waals surface area contributed by atoms with E-state index in [-0.39, 0.29) is 17.6 Å². The van der Waals surface area contributed by atoms with Gasteiger partial charge in [0.15, 0.2) is 0 Å². The number of carbonyl (C=O) groups is 1. The number of hydrogen-bond acceptors (Lipinski definition) is 3. The second-order valence-corrected chi connectivity index (χ2v) is 6.74. The van der Waals surface area contributed by atoms with Gasteiger partial charge in [0.1, 0.15) is 17.1 Å². The summed E-state index contributed by atoms with van der Waals surface area (Å²) >= 11 is 0. The van der Waals surface area contributed by atoms with E-state index in [1.165, 1.54) is 0 Å². The lowest BCUT2D eigenvalue weighted by atomic mass is 9.89. The first kappa shape index (κ1) is 17.1. The highest BCUT2D eigenvalue weighted by Crippen LogP contribution is 2.39. The van der Waals surface area contributed by atoms with Gasteiger partial charge < -0.3 is 14.8 Å². The lowest BCUT2D eigenvalue weighted by Gasteiger charge is -2.37. The second-order valence-electron chi connectivity index (χ2n) is 6.74. The molecule has 2 aromatic carbocycles. The Morgan fingerprint density at radius 3 is 2.72 bits per heavy atom. The number of amides is 1. The van der Waals surface area contributed by atoms with Crippen LogP contribution in [-0.4, -0.2) is 18.6 Å². The van der Waals surface area contributed by atoms with Crippen molar-refractivity contribution in [2.45, 2.75) is 31.9 Å². The van der Waals surface area contributed by atoms with Crippen molar-refractivity contribution in [3.05, 3.63) is 65.7 Å². The minimum absolute atomic E-state index is 0.0743. The van der Waals surface area contributed by atoms with E-state index < -0.39 is 0 Å². The predicted octanol–water partition coefficient (Wildman–Crippen LogP) is 4.13. The van der Waals surface area contributed by atoms with E-state index in [2.05, 4.69) is 5.32 Å². The molecule has 1 heterocycles. The summed E-state index contributed by atoms with van der Waals surface area (Å²) in [6, 6.07) is 15.4. The Morgan fingerprint density at radius 1 is 1.20 bits per heavy atom. The van der Waals surface area contributed by atoms with Crippen LogP contribution in [-0.2, 0) is 4.79 Å². The van der Waals surface area contributed by atoms with Gasteiger partial charge in [0.05, 0.1) is 13.2 Å². The maximum Gasteiger partial charge on any atom is 0.244 e. The first-order valence-corrected chi connectivity index (χ1v) is 8.38. The quantitative estimate of drug-likeness (QED) is 0.854. The molecular weight excluding hydrogens is 314 g/mol. The maximum atomic E-state index is 12.4. The molecule has 1 aliphatic heterocycles. The Balaban J connectivity index is 1.76. The minimum Gasteiger partial charge on any atom is -0.496 e. The number of rotatable bonds is 4. The van der Waals surface area contributed by atoms with Crippen LogP contribution in [0.3, 0.4) is 0 Å². The zero-order valence-corrected chi connectivity index (χ0v) is 14.8. The van der Waals surface area contributed by atoms with Crippen molar-refractivity contribution >= 4 is 12.0 Å². The molecule has 0 radical (unpaired) electrons. The Kier molecular flexibility index (Phi) is 4.79. The normalized spacial score (nSPS) is 18.3. The maximum absolute atomic E-state index is 12.4.